The number of hydrogen-bond donors (Lipinski definition) is 3. The molecule has 34 heavy (non-hydrogen) atoms. The molecule has 1 unspecified atom stereocenters. The minimum Gasteiger partial charge on any atom is -0.368 e. The quantitative estimate of drug-likeness (QED) is 0.361. The Balaban J connectivity index is 1.37. The average molecular weight is 495 g/mol. The predicted octanol–water partition coefficient (Wildman–Crippen LogP) is 3.56. The van der Waals surface area contributed by atoms with Crippen molar-refractivity contribution in [3.63, 3.8) is 0 Å². The van der Waals surface area contributed by atoms with Crippen LogP contribution < -0.4 is 21.3 Å². The third kappa shape index (κ3) is 3.76. The molecular formula is C24H27ClN8S. The number of benzene rings is 1. The van der Waals surface area contributed by atoms with Crippen LogP contribution in [0.5, 0.6) is 0 Å². The van der Waals surface area contributed by atoms with Crippen LogP contribution in [0.2, 0.25) is 5.02 Å². The van der Waals surface area contributed by atoms with Gasteiger partial charge in [-0.15, -0.1) is 0 Å². The molecule has 0 bridgehead atoms. The van der Waals surface area contributed by atoms with E-state index >= 15 is 0 Å². The Kier molecular flexibility index (Phi) is 5.52. The molecule has 2 aliphatic heterocycles. The Hall–Kier alpha value is -2.59. The highest BCUT2D eigenvalue weighted by Crippen LogP contribution is 2.38. The number of nitrogens with one attached hydrogen (secondary N) is 1. The van der Waals surface area contributed by atoms with Gasteiger partial charge in [-0.1, -0.05) is 18.5 Å². The summed E-state index contributed by atoms with van der Waals surface area (Å²) in [4.78, 5) is 23.3. The van der Waals surface area contributed by atoms with Crippen LogP contribution >= 0.6 is 23.4 Å². The summed E-state index contributed by atoms with van der Waals surface area (Å²) in [6.45, 7) is 5.47. The van der Waals surface area contributed by atoms with E-state index in [-0.39, 0.29) is 12.1 Å². The molecule has 3 aromatic heterocycles. The molecule has 8 nitrogen and oxygen atoms in total. The standard InChI is InChI=1S/C24H27ClN8S/c1-2-17-21(25)20-22(29-17)30-24(31-23(20)32-8-6-13(26)10-32)34-15-3-4-16-18(9-15)28-7-5-19(16)33-11-14(27)12-33/h3-5,7,9,13-14H,2,6,8,10-12,26-27H2,1H3,(H,29,30,31). The molecule has 4 aromatic rings. The van der Waals surface area contributed by atoms with E-state index in [1.807, 2.05) is 6.20 Å². The first-order valence-electron chi connectivity index (χ1n) is 11.7. The second-order valence-corrected chi connectivity index (χ2v) is 10.5. The van der Waals surface area contributed by atoms with Crippen molar-refractivity contribution in [2.24, 2.45) is 11.5 Å². The summed E-state index contributed by atoms with van der Waals surface area (Å²) in [5.41, 5.74) is 16.1. The van der Waals surface area contributed by atoms with Crippen molar-refractivity contribution in [3.05, 3.63) is 41.2 Å². The monoisotopic (exact) mass is 494 g/mol. The molecule has 0 saturated carbocycles. The van der Waals surface area contributed by atoms with Crippen LogP contribution in [-0.4, -0.2) is 58.2 Å². The summed E-state index contributed by atoms with van der Waals surface area (Å²) >= 11 is 8.26. The van der Waals surface area contributed by atoms with Gasteiger partial charge < -0.3 is 26.3 Å². The predicted molar refractivity (Wildman–Crippen MR) is 139 cm³/mol. The first kappa shape index (κ1) is 21.9. The molecule has 10 heteroatoms. The molecule has 2 saturated heterocycles. The number of fused-ring (bicyclic) bond motifs is 2. The van der Waals surface area contributed by atoms with Crippen LogP contribution in [0.1, 0.15) is 19.0 Å². The van der Waals surface area contributed by atoms with Gasteiger partial charge in [0.15, 0.2) is 5.16 Å². The fourth-order valence-electron chi connectivity index (χ4n) is 4.83. The summed E-state index contributed by atoms with van der Waals surface area (Å²) < 4.78 is 0. The van der Waals surface area contributed by atoms with Gasteiger partial charge in [0.1, 0.15) is 11.5 Å². The van der Waals surface area contributed by atoms with E-state index in [0.29, 0.717) is 10.2 Å². The lowest BCUT2D eigenvalue weighted by Gasteiger charge is -2.39. The first-order chi connectivity index (χ1) is 16.5. The van der Waals surface area contributed by atoms with Gasteiger partial charge in [-0.05, 0) is 48.9 Å². The van der Waals surface area contributed by atoms with Gasteiger partial charge in [0, 0.05) is 66.1 Å². The fraction of sp³-hybridized carbons (Fsp3) is 0.375. The second kappa shape index (κ2) is 8.57. The maximum atomic E-state index is 6.73. The Morgan fingerprint density at radius 1 is 1.12 bits per heavy atom. The zero-order valence-corrected chi connectivity index (χ0v) is 20.5. The number of aryl methyl sites for hydroxylation is 1. The van der Waals surface area contributed by atoms with Crippen molar-refractivity contribution in [3.8, 4) is 0 Å². The molecule has 2 aliphatic rings. The van der Waals surface area contributed by atoms with Gasteiger partial charge in [-0.25, -0.2) is 9.97 Å². The highest BCUT2D eigenvalue weighted by atomic mass is 35.5. The summed E-state index contributed by atoms with van der Waals surface area (Å²) in [5.74, 6) is 0.858. The molecular weight excluding hydrogens is 468 g/mol. The Morgan fingerprint density at radius 3 is 2.68 bits per heavy atom. The van der Waals surface area contributed by atoms with Gasteiger partial charge in [-0.2, -0.15) is 0 Å². The number of aromatic nitrogens is 4. The molecule has 2 fully saturated rings. The largest absolute Gasteiger partial charge is 0.368 e. The third-order valence-corrected chi connectivity index (χ3v) is 7.92. The lowest BCUT2D eigenvalue weighted by Crippen LogP contribution is -2.55. The summed E-state index contributed by atoms with van der Waals surface area (Å²) in [5, 5.41) is 3.39. The van der Waals surface area contributed by atoms with Crippen LogP contribution in [0.15, 0.2) is 40.5 Å². The number of aromatic amines is 1. The minimum absolute atomic E-state index is 0.145. The van der Waals surface area contributed by atoms with Gasteiger partial charge >= 0.3 is 0 Å². The van der Waals surface area contributed by atoms with E-state index in [1.165, 1.54) is 17.4 Å². The summed E-state index contributed by atoms with van der Waals surface area (Å²) in [6.07, 6.45) is 3.61. The van der Waals surface area contributed by atoms with Gasteiger partial charge in [0.2, 0.25) is 0 Å². The molecule has 5 heterocycles. The minimum atomic E-state index is 0.145. The van der Waals surface area contributed by atoms with E-state index in [2.05, 4.69) is 51.0 Å². The molecule has 0 amide bonds. The SMILES string of the molecule is CCc1[nH]c2nc(Sc3ccc4c(N5CC(N)C5)ccnc4c3)nc(N3CCC(N)C3)c2c1Cl. The second-order valence-electron chi connectivity index (χ2n) is 9.10. The molecule has 5 N–H and O–H groups in total. The smallest absolute Gasteiger partial charge is 0.196 e. The summed E-state index contributed by atoms with van der Waals surface area (Å²) in [7, 11) is 0. The van der Waals surface area contributed by atoms with Crippen LogP contribution in [-0.2, 0) is 6.42 Å². The van der Waals surface area contributed by atoms with Crippen molar-refractivity contribution in [1.82, 2.24) is 19.9 Å². The average Bonchev–Trinajstić information content (AvgIpc) is 3.39. The number of rotatable bonds is 5. The number of nitrogens with two attached hydrogens (primary N) is 2. The van der Waals surface area contributed by atoms with Crippen LogP contribution in [0.25, 0.3) is 21.9 Å². The van der Waals surface area contributed by atoms with E-state index in [0.717, 1.165) is 77.4 Å². The zero-order valence-electron chi connectivity index (χ0n) is 19.0. The molecule has 1 atom stereocenters. The van der Waals surface area contributed by atoms with Crippen molar-refractivity contribution in [2.45, 2.75) is 41.9 Å². The van der Waals surface area contributed by atoms with Gasteiger partial charge in [0.25, 0.3) is 0 Å². The molecule has 0 aliphatic carbocycles. The fourth-order valence-corrected chi connectivity index (χ4v) is 5.98. The number of H-pyrrole nitrogens is 1. The van der Waals surface area contributed by atoms with E-state index in [4.69, 9.17) is 33.0 Å². The summed E-state index contributed by atoms with van der Waals surface area (Å²) in [6, 6.07) is 8.79. The number of halogens is 1. The van der Waals surface area contributed by atoms with Crippen molar-refractivity contribution in [1.29, 1.82) is 0 Å². The molecule has 0 radical (unpaired) electrons. The lowest BCUT2D eigenvalue weighted by atomic mass is 10.1. The van der Waals surface area contributed by atoms with E-state index in [1.54, 1.807) is 0 Å². The Bertz CT molecular complexity index is 1380. The zero-order chi connectivity index (χ0) is 23.4. The number of nitrogens with zero attached hydrogens (tertiary/aromatic N) is 5. The maximum Gasteiger partial charge on any atom is 0.196 e. The first-order valence-corrected chi connectivity index (χ1v) is 12.9. The van der Waals surface area contributed by atoms with Crippen molar-refractivity contribution < 1.29 is 0 Å². The lowest BCUT2D eigenvalue weighted by molar-refractivity contribution is 0.521. The van der Waals surface area contributed by atoms with Crippen LogP contribution in [0, 0.1) is 0 Å². The topological polar surface area (TPSA) is 113 Å². The van der Waals surface area contributed by atoms with Gasteiger partial charge in [-0.3, -0.25) is 4.98 Å². The van der Waals surface area contributed by atoms with Crippen LogP contribution in [0.4, 0.5) is 11.5 Å². The molecule has 1 aromatic carbocycles. The maximum absolute atomic E-state index is 6.73. The number of pyridine rings is 1. The molecule has 0 spiro atoms. The Morgan fingerprint density at radius 2 is 1.94 bits per heavy atom. The van der Waals surface area contributed by atoms with Crippen molar-refractivity contribution >= 4 is 56.8 Å². The van der Waals surface area contributed by atoms with Crippen molar-refractivity contribution in [2.75, 3.05) is 36.0 Å². The highest BCUT2D eigenvalue weighted by Gasteiger charge is 2.27. The van der Waals surface area contributed by atoms with E-state index < -0.39 is 0 Å². The molecule has 6 rings (SSSR count). The van der Waals surface area contributed by atoms with Gasteiger partial charge in [0.05, 0.1) is 15.9 Å². The molecule has 176 valence electrons. The highest BCUT2D eigenvalue weighted by molar-refractivity contribution is 7.99. The number of anilines is 2. The normalized spacial score (nSPS) is 18.9. The number of hydrogen-bond acceptors (Lipinski definition) is 8. The third-order valence-electron chi connectivity index (χ3n) is 6.65. The van der Waals surface area contributed by atoms with E-state index in [9.17, 15) is 0 Å². The van der Waals surface area contributed by atoms with Crippen LogP contribution in [0.3, 0.4) is 0 Å². The Labute approximate surface area is 207 Å².